The normalized spacial score (nSPS) is 11.2. The molecular weight excluding hydrogens is 368 g/mol. The molecule has 0 unspecified atom stereocenters. The fourth-order valence-electron chi connectivity index (χ4n) is 3.08. The van der Waals surface area contributed by atoms with Gasteiger partial charge in [-0.15, -0.1) is 0 Å². The van der Waals surface area contributed by atoms with Gasteiger partial charge in [0.1, 0.15) is 5.58 Å². The van der Waals surface area contributed by atoms with E-state index < -0.39 is 5.97 Å². The lowest BCUT2D eigenvalue weighted by Gasteiger charge is -2.10. The molecule has 2 aromatic carbocycles. The predicted octanol–water partition coefficient (Wildman–Crippen LogP) is 5.40. The molecule has 0 saturated heterocycles. The van der Waals surface area contributed by atoms with Gasteiger partial charge in [0, 0.05) is 0 Å². The van der Waals surface area contributed by atoms with Gasteiger partial charge in [0.2, 0.25) is 11.2 Å². The van der Waals surface area contributed by atoms with Gasteiger partial charge in [0.15, 0.2) is 5.76 Å². The highest BCUT2D eigenvalue weighted by Crippen LogP contribution is 2.25. The van der Waals surface area contributed by atoms with Crippen molar-refractivity contribution in [3.63, 3.8) is 0 Å². The lowest BCUT2D eigenvalue weighted by atomic mass is 10.0. The molecule has 0 aliphatic carbocycles. The highest BCUT2D eigenvalue weighted by atomic mass is 16.5. The summed E-state index contributed by atoms with van der Waals surface area (Å²) >= 11 is 0. The van der Waals surface area contributed by atoms with Gasteiger partial charge in [-0.05, 0) is 48.2 Å². The molecule has 1 N–H and O–H groups in total. The number of carboxylic acids is 1. The second kappa shape index (κ2) is 9.24. The molecule has 0 aliphatic rings. The average molecular weight is 392 g/mol. The van der Waals surface area contributed by atoms with Crippen LogP contribution in [0.3, 0.4) is 0 Å². The fraction of sp³-hybridized carbons (Fsp3) is 0.250. The number of aryl methyl sites for hydroxylation is 1. The summed E-state index contributed by atoms with van der Waals surface area (Å²) in [4.78, 5) is 24.3. The molecule has 0 radical (unpaired) electrons. The van der Waals surface area contributed by atoms with Crippen LogP contribution < -0.4 is 10.2 Å². The first-order chi connectivity index (χ1) is 14.0. The van der Waals surface area contributed by atoms with E-state index in [1.807, 2.05) is 31.2 Å². The summed E-state index contributed by atoms with van der Waals surface area (Å²) in [6, 6.07) is 12.3. The number of hydrogen-bond donors (Lipinski definition) is 1. The van der Waals surface area contributed by atoms with Crippen molar-refractivity contribution in [3.05, 3.63) is 75.1 Å². The highest BCUT2D eigenvalue weighted by Gasteiger charge is 2.16. The van der Waals surface area contributed by atoms with Crippen LogP contribution in [0.1, 0.15) is 53.9 Å². The van der Waals surface area contributed by atoms with Crippen molar-refractivity contribution in [2.75, 3.05) is 6.61 Å². The number of unbranched alkanes of at least 4 members (excludes halogenated alkanes) is 1. The molecule has 0 bridgehead atoms. The Kier molecular flexibility index (Phi) is 6.50. The molecule has 5 nitrogen and oxygen atoms in total. The molecule has 0 spiro atoms. The number of rotatable bonds is 8. The van der Waals surface area contributed by atoms with E-state index in [-0.39, 0.29) is 22.1 Å². The Labute approximate surface area is 169 Å². The Bertz CT molecular complexity index is 1110. The molecule has 1 aromatic heterocycles. The maximum Gasteiger partial charge on any atom is 0.335 e. The van der Waals surface area contributed by atoms with E-state index in [0.717, 1.165) is 24.8 Å². The summed E-state index contributed by atoms with van der Waals surface area (Å²) in [5.74, 6) is -0.661. The second-order valence-electron chi connectivity index (χ2n) is 6.73. The number of fused-ring (bicyclic) bond motifs is 1. The summed E-state index contributed by atoms with van der Waals surface area (Å²) in [5, 5.41) is 9.41. The van der Waals surface area contributed by atoms with Crippen molar-refractivity contribution in [3.8, 4) is 5.75 Å². The quantitative estimate of drug-likeness (QED) is 0.519. The minimum Gasteiger partial charge on any atom is -0.486 e. The first kappa shape index (κ1) is 20.4. The van der Waals surface area contributed by atoms with Gasteiger partial charge in [-0.2, -0.15) is 0 Å². The van der Waals surface area contributed by atoms with Crippen LogP contribution in [0.15, 0.2) is 51.7 Å². The smallest absolute Gasteiger partial charge is 0.335 e. The molecule has 0 fully saturated rings. The zero-order valence-electron chi connectivity index (χ0n) is 16.6. The largest absolute Gasteiger partial charge is 0.486 e. The first-order valence-corrected chi connectivity index (χ1v) is 9.78. The third-order valence-corrected chi connectivity index (χ3v) is 4.72. The Morgan fingerprint density at radius 2 is 1.93 bits per heavy atom. The molecule has 0 aliphatic heterocycles. The molecule has 3 aromatic rings. The summed E-state index contributed by atoms with van der Waals surface area (Å²) in [5.41, 5.74) is 2.22. The lowest BCUT2D eigenvalue weighted by molar-refractivity contribution is 0.0697. The summed E-state index contributed by atoms with van der Waals surface area (Å²) in [6.07, 6.45) is 6.26. The van der Waals surface area contributed by atoms with Gasteiger partial charge in [-0.3, -0.25) is 4.79 Å². The lowest BCUT2D eigenvalue weighted by Crippen LogP contribution is -2.12. The van der Waals surface area contributed by atoms with E-state index in [1.165, 1.54) is 23.8 Å². The third kappa shape index (κ3) is 4.57. The first-order valence-electron chi connectivity index (χ1n) is 9.78. The Balaban J connectivity index is 2.12. The molecule has 1 heterocycles. The molecule has 0 atom stereocenters. The zero-order chi connectivity index (χ0) is 20.8. The molecule has 5 heteroatoms. The van der Waals surface area contributed by atoms with Crippen LogP contribution in [0.25, 0.3) is 23.1 Å². The van der Waals surface area contributed by atoms with Crippen molar-refractivity contribution < 1.29 is 19.1 Å². The predicted molar refractivity (Wildman–Crippen MR) is 115 cm³/mol. The van der Waals surface area contributed by atoms with Crippen LogP contribution in [-0.2, 0) is 6.42 Å². The highest BCUT2D eigenvalue weighted by molar-refractivity contribution is 5.93. The number of hydrogen-bond acceptors (Lipinski definition) is 4. The number of carbonyl (C=O) groups is 1. The Morgan fingerprint density at radius 3 is 2.66 bits per heavy atom. The van der Waals surface area contributed by atoms with Crippen LogP contribution in [0.5, 0.6) is 5.75 Å². The Hall–Kier alpha value is -3.34. The Morgan fingerprint density at radius 1 is 1.14 bits per heavy atom. The standard InChI is InChI=1S/C24H24O5/c1-3-5-14-28-23-21(13-10-17-9-7-6-8-16(17)4-2)29-20-12-11-18(24(26)27)15-19(20)22(23)25/h6-13,15H,3-5,14H2,1-2H3,(H,26,27)/b13-10+. The molecular formula is C24H24O5. The molecule has 0 saturated carbocycles. The van der Waals surface area contributed by atoms with Gasteiger partial charge >= 0.3 is 5.97 Å². The monoisotopic (exact) mass is 392 g/mol. The summed E-state index contributed by atoms with van der Waals surface area (Å²) < 4.78 is 11.7. The van der Waals surface area contributed by atoms with E-state index in [0.29, 0.717) is 18.0 Å². The molecule has 0 amide bonds. The number of ether oxygens (including phenoxy) is 1. The van der Waals surface area contributed by atoms with Crippen LogP contribution in [0.2, 0.25) is 0 Å². The van der Waals surface area contributed by atoms with Gasteiger partial charge < -0.3 is 14.3 Å². The topological polar surface area (TPSA) is 76.7 Å². The third-order valence-electron chi connectivity index (χ3n) is 4.72. The zero-order valence-corrected chi connectivity index (χ0v) is 16.6. The molecule has 29 heavy (non-hydrogen) atoms. The summed E-state index contributed by atoms with van der Waals surface area (Å²) in [7, 11) is 0. The molecule has 3 rings (SSSR count). The van der Waals surface area contributed by atoms with Crippen LogP contribution >= 0.6 is 0 Å². The van der Waals surface area contributed by atoms with Crippen molar-refractivity contribution >= 4 is 29.1 Å². The SMILES string of the molecule is CCCCOc1c(/C=C/c2ccccc2CC)oc2ccc(C(=O)O)cc2c1=O. The van der Waals surface area contributed by atoms with Crippen LogP contribution in [0, 0.1) is 0 Å². The summed E-state index contributed by atoms with van der Waals surface area (Å²) in [6.45, 7) is 4.51. The second-order valence-corrected chi connectivity index (χ2v) is 6.73. The minimum absolute atomic E-state index is 0.0319. The van der Waals surface area contributed by atoms with Crippen LogP contribution in [0.4, 0.5) is 0 Å². The van der Waals surface area contributed by atoms with Crippen LogP contribution in [-0.4, -0.2) is 17.7 Å². The van der Waals surface area contributed by atoms with E-state index >= 15 is 0 Å². The van der Waals surface area contributed by atoms with Crippen molar-refractivity contribution in [1.82, 2.24) is 0 Å². The number of aromatic carboxylic acids is 1. The van der Waals surface area contributed by atoms with Gasteiger partial charge in [-0.25, -0.2) is 4.79 Å². The van der Waals surface area contributed by atoms with E-state index in [4.69, 9.17) is 9.15 Å². The van der Waals surface area contributed by atoms with Gasteiger partial charge in [-0.1, -0.05) is 50.6 Å². The van der Waals surface area contributed by atoms with Crippen molar-refractivity contribution in [2.45, 2.75) is 33.1 Å². The maximum atomic E-state index is 13.0. The van der Waals surface area contributed by atoms with E-state index in [1.54, 1.807) is 6.08 Å². The van der Waals surface area contributed by atoms with Crippen molar-refractivity contribution in [2.24, 2.45) is 0 Å². The van der Waals surface area contributed by atoms with Gasteiger partial charge in [0.05, 0.1) is 17.6 Å². The van der Waals surface area contributed by atoms with Crippen molar-refractivity contribution in [1.29, 1.82) is 0 Å². The fourth-order valence-corrected chi connectivity index (χ4v) is 3.08. The average Bonchev–Trinajstić information content (AvgIpc) is 2.74. The number of benzene rings is 2. The van der Waals surface area contributed by atoms with E-state index in [9.17, 15) is 14.7 Å². The minimum atomic E-state index is -1.10. The maximum absolute atomic E-state index is 13.0. The van der Waals surface area contributed by atoms with E-state index in [2.05, 4.69) is 13.0 Å². The van der Waals surface area contributed by atoms with Gasteiger partial charge in [0.25, 0.3) is 0 Å². The molecule has 150 valence electrons. The number of carboxylic acid groups (broad SMARTS) is 1.